The molecule has 0 amide bonds. The van der Waals surface area contributed by atoms with Crippen molar-refractivity contribution in [2.45, 2.75) is 25.7 Å². The van der Waals surface area contributed by atoms with Crippen LogP contribution < -0.4 is 0 Å². The fraction of sp³-hybridized carbons (Fsp3) is 1.00. The molecule has 1 aliphatic rings. The summed E-state index contributed by atoms with van der Waals surface area (Å²) >= 11 is 0. The van der Waals surface area contributed by atoms with Gasteiger partial charge in [0, 0.05) is 0 Å². The van der Waals surface area contributed by atoms with E-state index >= 15 is 0 Å². The van der Waals surface area contributed by atoms with Gasteiger partial charge in [0.2, 0.25) is 0 Å². The third-order valence-electron chi connectivity index (χ3n) is 3.06. The molecule has 0 aromatic heterocycles. The van der Waals surface area contributed by atoms with E-state index in [1.54, 1.807) is 0 Å². The molecule has 1 rings (SSSR count). The lowest BCUT2D eigenvalue weighted by atomic mass is 9.80. The molecule has 8 heteroatoms. The van der Waals surface area contributed by atoms with Crippen LogP contribution in [0.25, 0.3) is 0 Å². The Morgan fingerprint density at radius 2 is 1.17 bits per heavy atom. The van der Waals surface area contributed by atoms with Crippen LogP contribution in [0.5, 0.6) is 0 Å². The zero-order chi connectivity index (χ0) is 13.8. The maximum Gasteiger partial charge on any atom is 0.264 e. The van der Waals surface area contributed by atoms with Gasteiger partial charge in [0.05, 0.1) is 25.7 Å². The topological polar surface area (TPSA) is 86.7 Å². The first-order valence-electron chi connectivity index (χ1n) is 5.86. The number of rotatable bonds is 6. The van der Waals surface area contributed by atoms with Crippen LogP contribution in [0.3, 0.4) is 0 Å². The van der Waals surface area contributed by atoms with Crippen molar-refractivity contribution in [2.75, 3.05) is 25.7 Å². The Kier molecular flexibility index (Phi) is 5.57. The summed E-state index contributed by atoms with van der Waals surface area (Å²) in [6.45, 7) is 0.216. The molecule has 6 nitrogen and oxygen atoms in total. The summed E-state index contributed by atoms with van der Waals surface area (Å²) in [6.07, 6.45) is 5.72. The molecule has 0 radical (unpaired) electrons. The van der Waals surface area contributed by atoms with Crippen molar-refractivity contribution in [1.29, 1.82) is 0 Å². The Hall–Kier alpha value is -0.180. The standard InChI is InChI=1S/C10H20O6S2/c1-17(11,12)15-7-9-5-3-4-6-10(9)8-16-18(2,13)14/h9-10H,3-8H2,1-2H3. The van der Waals surface area contributed by atoms with Crippen LogP contribution in [0.2, 0.25) is 0 Å². The van der Waals surface area contributed by atoms with Crippen molar-refractivity contribution >= 4 is 20.2 Å². The molecule has 0 bridgehead atoms. The highest BCUT2D eigenvalue weighted by molar-refractivity contribution is 7.86. The van der Waals surface area contributed by atoms with Crippen LogP contribution in [0, 0.1) is 11.8 Å². The lowest BCUT2D eigenvalue weighted by Crippen LogP contribution is -2.29. The van der Waals surface area contributed by atoms with Gasteiger partial charge in [-0.1, -0.05) is 12.8 Å². The van der Waals surface area contributed by atoms with E-state index in [1.807, 2.05) is 0 Å². The Balaban J connectivity index is 2.52. The second-order valence-corrected chi connectivity index (χ2v) is 8.07. The molecular weight excluding hydrogens is 280 g/mol. The summed E-state index contributed by atoms with van der Waals surface area (Å²) in [6, 6.07) is 0. The third kappa shape index (κ3) is 6.67. The van der Waals surface area contributed by atoms with Gasteiger partial charge in [-0.15, -0.1) is 0 Å². The number of hydrogen-bond donors (Lipinski definition) is 0. The largest absolute Gasteiger partial charge is 0.270 e. The maximum atomic E-state index is 10.9. The SMILES string of the molecule is CS(=O)(=O)OCC1CCCCC1COS(C)(=O)=O. The van der Waals surface area contributed by atoms with E-state index < -0.39 is 20.2 Å². The van der Waals surface area contributed by atoms with E-state index in [0.29, 0.717) is 0 Å². The van der Waals surface area contributed by atoms with Crippen LogP contribution in [-0.4, -0.2) is 42.6 Å². The highest BCUT2D eigenvalue weighted by Crippen LogP contribution is 2.31. The summed E-state index contributed by atoms with van der Waals surface area (Å²) in [5, 5.41) is 0. The molecule has 1 fully saturated rings. The first kappa shape index (κ1) is 15.9. The molecule has 0 heterocycles. The second-order valence-electron chi connectivity index (χ2n) is 4.78. The van der Waals surface area contributed by atoms with E-state index in [4.69, 9.17) is 8.37 Å². The number of hydrogen-bond acceptors (Lipinski definition) is 6. The van der Waals surface area contributed by atoms with Crippen LogP contribution in [0.15, 0.2) is 0 Å². The van der Waals surface area contributed by atoms with Crippen LogP contribution in [0.4, 0.5) is 0 Å². The Labute approximate surface area is 109 Å². The van der Waals surface area contributed by atoms with Crippen molar-refractivity contribution in [3.05, 3.63) is 0 Å². The van der Waals surface area contributed by atoms with E-state index in [0.717, 1.165) is 38.2 Å². The minimum atomic E-state index is -3.45. The quantitative estimate of drug-likeness (QED) is 0.673. The van der Waals surface area contributed by atoms with Gasteiger partial charge in [-0.3, -0.25) is 8.37 Å². The van der Waals surface area contributed by atoms with E-state index in [1.165, 1.54) is 0 Å². The van der Waals surface area contributed by atoms with Crippen molar-refractivity contribution in [3.63, 3.8) is 0 Å². The fourth-order valence-corrected chi connectivity index (χ4v) is 2.99. The molecule has 0 N–H and O–H groups in total. The molecule has 2 atom stereocenters. The summed E-state index contributed by atoms with van der Waals surface area (Å²) in [4.78, 5) is 0. The summed E-state index contributed by atoms with van der Waals surface area (Å²) in [5.41, 5.74) is 0. The average Bonchev–Trinajstić information content (AvgIpc) is 2.22. The molecule has 0 aliphatic heterocycles. The zero-order valence-electron chi connectivity index (χ0n) is 10.7. The van der Waals surface area contributed by atoms with Gasteiger partial charge in [0.1, 0.15) is 0 Å². The van der Waals surface area contributed by atoms with Gasteiger partial charge in [-0.05, 0) is 24.7 Å². The summed E-state index contributed by atoms with van der Waals surface area (Å²) in [5.74, 6) is 0.0745. The lowest BCUT2D eigenvalue weighted by molar-refractivity contribution is 0.111. The van der Waals surface area contributed by atoms with Crippen molar-refractivity contribution < 1.29 is 25.2 Å². The molecule has 18 heavy (non-hydrogen) atoms. The van der Waals surface area contributed by atoms with E-state index in [2.05, 4.69) is 0 Å². The molecule has 0 spiro atoms. The summed E-state index contributed by atoms with van der Waals surface area (Å²) in [7, 11) is -6.90. The van der Waals surface area contributed by atoms with Crippen LogP contribution >= 0.6 is 0 Å². The first-order chi connectivity index (χ1) is 8.17. The third-order valence-corrected chi connectivity index (χ3v) is 4.19. The second kappa shape index (κ2) is 6.31. The molecule has 0 aromatic rings. The summed E-state index contributed by atoms with van der Waals surface area (Å²) < 4.78 is 53.4. The molecular formula is C10H20O6S2. The van der Waals surface area contributed by atoms with Crippen molar-refractivity contribution in [2.24, 2.45) is 11.8 Å². The fourth-order valence-electron chi connectivity index (χ4n) is 2.15. The molecule has 108 valence electrons. The molecule has 0 saturated heterocycles. The van der Waals surface area contributed by atoms with Gasteiger partial charge in [0.25, 0.3) is 20.2 Å². The maximum absolute atomic E-state index is 10.9. The minimum absolute atomic E-state index is 0.0372. The predicted molar refractivity (Wildman–Crippen MR) is 67.0 cm³/mol. The Morgan fingerprint density at radius 3 is 1.44 bits per heavy atom. The molecule has 1 aliphatic carbocycles. The van der Waals surface area contributed by atoms with E-state index in [9.17, 15) is 16.8 Å². The smallest absolute Gasteiger partial charge is 0.264 e. The van der Waals surface area contributed by atoms with Gasteiger partial charge >= 0.3 is 0 Å². The zero-order valence-corrected chi connectivity index (χ0v) is 12.3. The van der Waals surface area contributed by atoms with Crippen molar-refractivity contribution in [1.82, 2.24) is 0 Å². The average molecular weight is 300 g/mol. The molecule has 0 aromatic carbocycles. The minimum Gasteiger partial charge on any atom is -0.270 e. The highest BCUT2D eigenvalue weighted by Gasteiger charge is 2.27. The first-order valence-corrected chi connectivity index (χ1v) is 9.49. The Morgan fingerprint density at radius 1 is 0.833 bits per heavy atom. The molecule has 2 unspecified atom stereocenters. The monoisotopic (exact) mass is 300 g/mol. The van der Waals surface area contributed by atoms with Gasteiger partial charge in [-0.25, -0.2) is 0 Å². The lowest BCUT2D eigenvalue weighted by Gasteiger charge is -2.30. The van der Waals surface area contributed by atoms with Gasteiger partial charge in [-0.2, -0.15) is 16.8 Å². The van der Waals surface area contributed by atoms with Crippen molar-refractivity contribution in [3.8, 4) is 0 Å². The predicted octanol–water partition coefficient (Wildman–Crippen LogP) is 0.745. The Bertz CT molecular complexity index is 409. The highest BCUT2D eigenvalue weighted by atomic mass is 32.2. The van der Waals surface area contributed by atoms with E-state index in [-0.39, 0.29) is 25.0 Å². The van der Waals surface area contributed by atoms with Crippen LogP contribution in [0.1, 0.15) is 25.7 Å². The normalized spacial score (nSPS) is 26.1. The van der Waals surface area contributed by atoms with Gasteiger partial charge in [0.15, 0.2) is 0 Å². The molecule has 1 saturated carbocycles. The van der Waals surface area contributed by atoms with Crippen LogP contribution in [-0.2, 0) is 28.6 Å². The van der Waals surface area contributed by atoms with Gasteiger partial charge < -0.3 is 0 Å².